The van der Waals surface area contributed by atoms with Crippen molar-refractivity contribution in [2.24, 2.45) is 17.8 Å². The van der Waals surface area contributed by atoms with Crippen LogP contribution in [0.25, 0.3) is 11.1 Å². The van der Waals surface area contributed by atoms with Crippen molar-refractivity contribution < 1.29 is 14.4 Å². The van der Waals surface area contributed by atoms with Crippen molar-refractivity contribution in [1.29, 1.82) is 0 Å². The molecule has 0 radical (unpaired) electrons. The minimum atomic E-state index is -0.104. The van der Waals surface area contributed by atoms with Crippen molar-refractivity contribution in [3.63, 3.8) is 0 Å². The molecule has 0 heterocycles. The molecule has 2 aromatic carbocycles. The number of allylic oxidation sites excluding steroid dienone is 2. The predicted octanol–water partition coefficient (Wildman–Crippen LogP) is 12.1. The van der Waals surface area contributed by atoms with Crippen LogP contribution in [-0.4, -0.2) is 17.3 Å². The van der Waals surface area contributed by atoms with Gasteiger partial charge < -0.3 is 0 Å². The van der Waals surface area contributed by atoms with Gasteiger partial charge in [-0.05, 0) is 124 Å². The number of carbonyl (C=O) groups is 3. The highest BCUT2D eigenvalue weighted by molar-refractivity contribution is 6.02. The second-order valence-electron chi connectivity index (χ2n) is 14.3. The van der Waals surface area contributed by atoms with Gasteiger partial charge in [-0.2, -0.15) is 0 Å². The Kier molecular flexibility index (Phi) is 16.9. The molecule has 0 spiro atoms. The van der Waals surface area contributed by atoms with Crippen molar-refractivity contribution in [2.75, 3.05) is 0 Å². The van der Waals surface area contributed by atoms with Gasteiger partial charge in [0.2, 0.25) is 0 Å². The second kappa shape index (κ2) is 19.8. The number of fused-ring (bicyclic) bond motifs is 1. The van der Waals surface area contributed by atoms with Crippen LogP contribution in [-0.2, 0) is 16.0 Å². The molecule has 0 fully saturated rings. The summed E-state index contributed by atoms with van der Waals surface area (Å²) in [7, 11) is 0. The molecule has 46 heavy (non-hydrogen) atoms. The van der Waals surface area contributed by atoms with Crippen LogP contribution in [0.3, 0.4) is 0 Å². The maximum absolute atomic E-state index is 13.5. The van der Waals surface area contributed by atoms with Crippen LogP contribution in [0, 0.1) is 31.6 Å². The Morgan fingerprint density at radius 2 is 1.59 bits per heavy atom. The summed E-state index contributed by atoms with van der Waals surface area (Å²) >= 11 is 0. The Balaban J connectivity index is 0.000000631. The van der Waals surface area contributed by atoms with E-state index in [1.807, 2.05) is 0 Å². The Labute approximate surface area is 282 Å². The lowest BCUT2D eigenvalue weighted by molar-refractivity contribution is -0.129. The highest BCUT2D eigenvalue weighted by Crippen LogP contribution is 2.41. The van der Waals surface area contributed by atoms with Crippen molar-refractivity contribution in [3.05, 3.63) is 69.8 Å². The lowest BCUT2D eigenvalue weighted by atomic mass is 9.70. The average molecular weight is 629 g/mol. The number of hydrogen-bond acceptors (Lipinski definition) is 3. The zero-order chi connectivity index (χ0) is 34.4. The van der Waals surface area contributed by atoms with E-state index in [0.29, 0.717) is 12.3 Å². The van der Waals surface area contributed by atoms with Crippen LogP contribution < -0.4 is 0 Å². The quantitative estimate of drug-likeness (QED) is 0.184. The third kappa shape index (κ3) is 11.5. The standard InChI is InChI=1S/C33H44O3.C7H12.C3H8/c1-8-10-27(28(9-2)31(35)16-22(6)34)17-24-18-30-29(26-13-11-25(12-14-26)20(3)4)15-21(5)23(7)33(30)32(36)19-24;1-7-5-3-2-4-6-7;1-3-2/h11-15,20,24,27-28H,8-10,16-19H2,1-7H3;5H,2-4,6H2,1H3;3H2,1-2H3. The van der Waals surface area contributed by atoms with Crippen LogP contribution in [0.4, 0.5) is 0 Å². The number of benzene rings is 2. The number of carbonyl (C=O) groups excluding carboxylic acids is 3. The maximum atomic E-state index is 13.5. The number of hydrogen-bond donors (Lipinski definition) is 0. The molecule has 0 saturated heterocycles. The number of ketones is 3. The fourth-order valence-electron chi connectivity index (χ4n) is 7.24. The van der Waals surface area contributed by atoms with Gasteiger partial charge in [0.1, 0.15) is 11.6 Å². The topological polar surface area (TPSA) is 51.2 Å². The summed E-state index contributed by atoms with van der Waals surface area (Å²) in [6.07, 6.45) is 14.1. The molecule has 0 aliphatic heterocycles. The molecule has 0 aromatic heterocycles. The van der Waals surface area contributed by atoms with E-state index in [4.69, 9.17) is 0 Å². The Bertz CT molecular complexity index is 1310. The molecule has 0 bridgehead atoms. The van der Waals surface area contributed by atoms with E-state index in [0.717, 1.165) is 48.8 Å². The molecule has 3 nitrogen and oxygen atoms in total. The van der Waals surface area contributed by atoms with Gasteiger partial charge in [-0.25, -0.2) is 0 Å². The number of rotatable bonds is 11. The summed E-state index contributed by atoms with van der Waals surface area (Å²) in [5.41, 5.74) is 9.60. The molecular weight excluding hydrogens is 564 g/mol. The third-order valence-electron chi connectivity index (χ3n) is 9.75. The monoisotopic (exact) mass is 628 g/mol. The van der Waals surface area contributed by atoms with E-state index >= 15 is 0 Å². The zero-order valence-corrected chi connectivity index (χ0v) is 31.0. The average Bonchev–Trinajstić information content (AvgIpc) is 3.00. The molecule has 2 aromatic rings. The molecule has 3 atom stereocenters. The van der Waals surface area contributed by atoms with Crippen LogP contribution >= 0.6 is 0 Å². The summed E-state index contributed by atoms with van der Waals surface area (Å²) in [4.78, 5) is 38.1. The fraction of sp³-hybridized carbons (Fsp3) is 0.605. The molecule has 0 saturated carbocycles. The summed E-state index contributed by atoms with van der Waals surface area (Å²) in [5.74, 6) is 1.06. The Hall–Kier alpha value is -2.81. The van der Waals surface area contributed by atoms with Crippen molar-refractivity contribution in [3.8, 4) is 11.1 Å². The normalized spacial score (nSPS) is 17.1. The van der Waals surface area contributed by atoms with E-state index < -0.39 is 0 Å². The van der Waals surface area contributed by atoms with E-state index in [-0.39, 0.29) is 41.5 Å². The Morgan fingerprint density at radius 1 is 0.935 bits per heavy atom. The zero-order valence-electron chi connectivity index (χ0n) is 31.0. The van der Waals surface area contributed by atoms with Crippen LogP contribution in [0.2, 0.25) is 0 Å². The summed E-state index contributed by atoms with van der Waals surface area (Å²) in [6, 6.07) is 11.0. The van der Waals surface area contributed by atoms with E-state index in [1.54, 1.807) is 5.57 Å². The molecule has 0 amide bonds. The first-order chi connectivity index (χ1) is 21.9. The van der Waals surface area contributed by atoms with Crippen molar-refractivity contribution in [2.45, 2.75) is 152 Å². The van der Waals surface area contributed by atoms with Gasteiger partial charge in [0.15, 0.2) is 5.78 Å². The molecular formula is C43H64O3. The van der Waals surface area contributed by atoms with E-state index in [1.165, 1.54) is 61.3 Å². The van der Waals surface area contributed by atoms with Gasteiger partial charge in [-0.15, -0.1) is 0 Å². The minimum absolute atomic E-state index is 0.0279. The minimum Gasteiger partial charge on any atom is -0.300 e. The number of Topliss-reactive ketones (excluding diaryl/α,β-unsaturated/α-hetero) is 3. The lowest BCUT2D eigenvalue weighted by Gasteiger charge is -2.33. The third-order valence-corrected chi connectivity index (χ3v) is 9.75. The highest BCUT2D eigenvalue weighted by Gasteiger charge is 2.34. The molecule has 2 aliphatic rings. The van der Waals surface area contributed by atoms with Gasteiger partial charge in [-0.1, -0.05) is 103 Å². The molecule has 3 heteroatoms. The molecule has 4 rings (SSSR count). The molecule has 254 valence electrons. The maximum Gasteiger partial charge on any atom is 0.163 e. The largest absolute Gasteiger partial charge is 0.300 e. The molecule has 3 unspecified atom stereocenters. The molecule has 2 aliphatic carbocycles. The first kappa shape index (κ1) is 39.4. The van der Waals surface area contributed by atoms with Crippen LogP contribution in [0.1, 0.15) is 165 Å². The Morgan fingerprint density at radius 3 is 2.07 bits per heavy atom. The van der Waals surface area contributed by atoms with Crippen molar-refractivity contribution in [1.82, 2.24) is 0 Å². The van der Waals surface area contributed by atoms with Gasteiger partial charge in [0.05, 0.1) is 6.42 Å². The summed E-state index contributed by atoms with van der Waals surface area (Å²) in [6.45, 7) is 20.8. The summed E-state index contributed by atoms with van der Waals surface area (Å²) < 4.78 is 0. The highest BCUT2D eigenvalue weighted by atomic mass is 16.1. The van der Waals surface area contributed by atoms with Gasteiger partial charge in [0, 0.05) is 17.9 Å². The van der Waals surface area contributed by atoms with Crippen LogP contribution in [0.5, 0.6) is 0 Å². The lowest BCUT2D eigenvalue weighted by Crippen LogP contribution is -2.30. The molecule has 0 N–H and O–H groups in total. The van der Waals surface area contributed by atoms with Crippen molar-refractivity contribution >= 4 is 17.3 Å². The van der Waals surface area contributed by atoms with Gasteiger partial charge in [0.25, 0.3) is 0 Å². The first-order valence-corrected chi connectivity index (χ1v) is 18.3. The second-order valence-corrected chi connectivity index (χ2v) is 14.3. The SMILES string of the molecule is CC1=CCCCC1.CCC.CCCC(CC1CC(=O)c2c(C)c(C)cc(-c3ccc(C(C)C)cc3)c2C1)C(CC)C(=O)CC(C)=O. The first-order valence-electron chi connectivity index (χ1n) is 18.3. The fourth-order valence-corrected chi connectivity index (χ4v) is 7.24. The smallest absolute Gasteiger partial charge is 0.163 e. The van der Waals surface area contributed by atoms with Gasteiger partial charge >= 0.3 is 0 Å². The number of aryl methyl sites for hydroxylation is 1. The van der Waals surface area contributed by atoms with Gasteiger partial charge in [-0.3, -0.25) is 14.4 Å². The summed E-state index contributed by atoms with van der Waals surface area (Å²) in [5, 5.41) is 0. The van der Waals surface area contributed by atoms with E-state index in [2.05, 4.69) is 98.7 Å². The predicted molar refractivity (Wildman–Crippen MR) is 197 cm³/mol. The van der Waals surface area contributed by atoms with E-state index in [9.17, 15) is 14.4 Å². The van der Waals surface area contributed by atoms with Crippen LogP contribution in [0.15, 0.2) is 42.0 Å².